The van der Waals surface area contributed by atoms with E-state index in [2.05, 4.69) is 38.7 Å². The van der Waals surface area contributed by atoms with Crippen molar-refractivity contribution >= 4 is 38.7 Å². The van der Waals surface area contributed by atoms with E-state index in [9.17, 15) is 0 Å². The van der Waals surface area contributed by atoms with Gasteiger partial charge >= 0.3 is 49.9 Å². The fraction of sp³-hybridized carbons (Fsp3) is 1.00. The Hall–Kier alpha value is 2.03. The van der Waals surface area contributed by atoms with Crippen LogP contribution in [0.25, 0.3) is 0 Å². The summed E-state index contributed by atoms with van der Waals surface area (Å²) in [5.74, 6) is 0. The first-order valence-electron chi connectivity index (χ1n) is 1.46. The maximum absolute atomic E-state index is 7.75. The van der Waals surface area contributed by atoms with Crippen molar-refractivity contribution in [2.24, 2.45) is 5.73 Å². The molecule has 58 valence electrons. The van der Waals surface area contributed by atoms with Gasteiger partial charge in [0.15, 0.2) is 0 Å². The second-order valence-corrected chi connectivity index (χ2v) is 17.2. The van der Waals surface area contributed by atoms with Crippen LogP contribution in [0.2, 0.25) is 0 Å². The Kier molecular flexibility index (Phi) is 47.6. The molecule has 0 fully saturated rings. The molecule has 3 nitrogen and oxygen atoms in total. The van der Waals surface area contributed by atoms with E-state index in [0.717, 1.165) is 0 Å². The van der Waals surface area contributed by atoms with Crippen LogP contribution in [0.15, 0.2) is 0 Å². The molecule has 6 heteroatoms. The van der Waals surface area contributed by atoms with Gasteiger partial charge in [-0.2, -0.15) is 0 Å². The molecule has 0 rings (SSSR count). The Morgan fingerprint density at radius 2 is 1.62 bits per heavy atom. The Morgan fingerprint density at radius 3 is 1.62 bits per heavy atom. The van der Waals surface area contributed by atoms with Crippen molar-refractivity contribution in [3.63, 3.8) is 0 Å². The summed E-state index contributed by atoms with van der Waals surface area (Å²) >= 11 is 5.30. The van der Waals surface area contributed by atoms with Crippen LogP contribution in [-0.2, 0) is 11.2 Å². The topological polar surface area (TPSA) is 81.2 Å². The summed E-state index contributed by atoms with van der Waals surface area (Å²) < 4.78 is 0. The molecule has 0 saturated carbocycles. The first-order chi connectivity index (χ1) is 3.33. The predicted octanol–water partition coefficient (Wildman–Crippen LogP) is 0.868. The molecule has 0 aromatic carbocycles. The number of aliphatic hydroxyl groups is 1. The van der Waals surface area contributed by atoms with Crippen LogP contribution < -0.4 is 11.9 Å². The van der Waals surface area contributed by atoms with Gasteiger partial charge < -0.3 is 17.0 Å². The summed E-state index contributed by atoms with van der Waals surface area (Å²) in [6.45, 7) is 0.472. The normalized spacial score (nSPS) is 6.50. The van der Waals surface area contributed by atoms with Gasteiger partial charge in [-0.3, -0.25) is 0 Å². The zero-order valence-electron chi connectivity index (χ0n) is 4.22. The Labute approximate surface area is 78.9 Å². The molecule has 0 amide bonds. The van der Waals surface area contributed by atoms with Crippen molar-refractivity contribution in [3.05, 3.63) is 0 Å². The van der Waals surface area contributed by atoms with Crippen LogP contribution >= 0.6 is 38.7 Å². The molecule has 0 atom stereocenters. The van der Waals surface area contributed by atoms with Gasteiger partial charge in [0.05, 0.1) is 6.61 Å². The third-order valence-electron chi connectivity index (χ3n) is 0.129. The molecule has 6 N–H and O–H groups in total. The first kappa shape index (κ1) is 16.5. The predicted molar refractivity (Wildman–Crippen MR) is 49.2 cm³/mol. The first-order valence-corrected chi connectivity index (χ1v) is 14.4. The molecule has 0 radical (unpaired) electrons. The monoisotopic (exact) mass is 527 g/mol. The second kappa shape index (κ2) is 23.0. The fourth-order valence-electron chi connectivity index (χ4n) is 0. The van der Waals surface area contributed by atoms with E-state index < -0.39 is 0 Å². The average molecular weight is 527 g/mol. The molecule has 0 unspecified atom stereocenters. The van der Waals surface area contributed by atoms with Gasteiger partial charge in [0.1, 0.15) is 0 Å². The van der Waals surface area contributed by atoms with Crippen LogP contribution in [0, 0.1) is 0 Å². The van der Waals surface area contributed by atoms with Crippen molar-refractivity contribution in [1.82, 2.24) is 6.15 Å². The van der Waals surface area contributed by atoms with E-state index in [0.29, 0.717) is 17.7 Å². The van der Waals surface area contributed by atoms with Gasteiger partial charge in [-0.1, -0.05) is 0 Å². The molecular weight excluding hydrogens is 517 g/mol. The van der Waals surface area contributed by atoms with Gasteiger partial charge in [-0.25, -0.2) is 0 Å². The van der Waals surface area contributed by atoms with E-state index in [4.69, 9.17) is 10.8 Å². The molecule has 0 heterocycles. The van der Waals surface area contributed by atoms with Crippen LogP contribution in [-0.4, -0.2) is 18.3 Å². The number of aliphatic hydroxyl groups excluding tert-OH is 1. The number of nitrogens with two attached hydrogens (primary N) is 1. The summed E-state index contributed by atoms with van der Waals surface area (Å²) in [7, 11) is 0. The minimum atomic E-state index is 0. The summed E-state index contributed by atoms with van der Waals surface area (Å²) in [5.41, 5.74) is 4.78. The van der Waals surface area contributed by atoms with Crippen molar-refractivity contribution < 1.29 is 16.3 Å². The standard InChI is InChI=1S/C2H7NO.2HI.H3N.Pt/c3-1-2-4;;;;/h4H,1-3H2;2*1H;1H3;/q;;;;+2/p-2. The minimum absolute atomic E-state index is 0. The zero-order valence-corrected chi connectivity index (χ0v) is 10.8. The molecule has 0 aromatic heterocycles. The van der Waals surface area contributed by atoms with Crippen LogP contribution in [0.4, 0.5) is 0 Å². The number of halogens is 2. The molecule has 0 saturated heterocycles. The van der Waals surface area contributed by atoms with Gasteiger partial charge in [-0.15, -0.1) is 0 Å². The molecule has 0 aliphatic carbocycles. The molecule has 0 bridgehead atoms. The summed E-state index contributed by atoms with van der Waals surface area (Å²) in [4.78, 5) is 0. The number of hydrogen-bond acceptors (Lipinski definition) is 3. The molecule has 0 aliphatic rings. The molecule has 0 spiro atoms. The van der Waals surface area contributed by atoms with E-state index >= 15 is 0 Å². The Morgan fingerprint density at radius 1 is 1.50 bits per heavy atom. The van der Waals surface area contributed by atoms with E-state index in [1.807, 2.05) is 0 Å². The van der Waals surface area contributed by atoms with Crippen molar-refractivity contribution in [1.29, 1.82) is 0 Å². The SMILES string of the molecule is N.NCCO.[I][Pt][I]. The maximum atomic E-state index is 7.75. The van der Waals surface area contributed by atoms with Gasteiger partial charge in [0.25, 0.3) is 0 Å². The van der Waals surface area contributed by atoms with Gasteiger partial charge in [0, 0.05) is 6.54 Å². The van der Waals surface area contributed by atoms with Gasteiger partial charge in [-0.05, 0) is 0 Å². The van der Waals surface area contributed by atoms with Crippen LogP contribution in [0.1, 0.15) is 0 Å². The molecule has 8 heavy (non-hydrogen) atoms. The van der Waals surface area contributed by atoms with E-state index in [1.54, 1.807) is 0 Å². The summed E-state index contributed by atoms with van der Waals surface area (Å²) in [5, 5.41) is 7.75. The quantitative estimate of drug-likeness (QED) is 0.444. The third kappa shape index (κ3) is 43.2. The van der Waals surface area contributed by atoms with Crippen molar-refractivity contribution in [3.8, 4) is 0 Å². The number of rotatable bonds is 1. The Bertz CT molecular complexity index is 25.5. The van der Waals surface area contributed by atoms with E-state index in [1.165, 1.54) is 0 Å². The molecule has 0 aromatic rings. The van der Waals surface area contributed by atoms with Crippen LogP contribution in [0.3, 0.4) is 0 Å². The fourth-order valence-corrected chi connectivity index (χ4v) is 0. The van der Waals surface area contributed by atoms with E-state index in [-0.39, 0.29) is 12.8 Å². The average Bonchev–Trinajstić information content (AvgIpc) is 1.69. The molecule has 0 aliphatic heterocycles. The van der Waals surface area contributed by atoms with Crippen LogP contribution in [0.5, 0.6) is 0 Å². The Balaban J connectivity index is -0.0000000575. The number of hydrogen-bond donors (Lipinski definition) is 3. The zero-order chi connectivity index (χ0) is 6.12. The second-order valence-electron chi connectivity index (χ2n) is 0.557. The molecular formula is C2H10I2N2OPt. The summed E-state index contributed by atoms with van der Waals surface area (Å²) in [6.07, 6.45) is 0. The summed E-state index contributed by atoms with van der Waals surface area (Å²) in [6, 6.07) is 0. The third-order valence-corrected chi connectivity index (χ3v) is 0.129. The van der Waals surface area contributed by atoms with Gasteiger partial charge in [0.2, 0.25) is 0 Å². The van der Waals surface area contributed by atoms with Crippen molar-refractivity contribution in [2.45, 2.75) is 0 Å². The van der Waals surface area contributed by atoms with Crippen molar-refractivity contribution in [2.75, 3.05) is 13.2 Å².